The Kier molecular flexibility index (Phi) is 5.84. The lowest BCUT2D eigenvalue weighted by Gasteiger charge is -2.26. The van der Waals surface area contributed by atoms with Crippen molar-refractivity contribution in [3.8, 4) is 11.4 Å². The normalized spacial score (nSPS) is 14.9. The van der Waals surface area contributed by atoms with Gasteiger partial charge < -0.3 is 10.1 Å². The highest BCUT2D eigenvalue weighted by molar-refractivity contribution is 7.89. The number of nitrogens with one attached hydrogen (secondary N) is 1. The van der Waals surface area contributed by atoms with Crippen molar-refractivity contribution in [2.75, 3.05) is 31.6 Å². The number of benzene rings is 2. The zero-order chi connectivity index (χ0) is 21.0. The molecule has 9 heteroatoms. The van der Waals surface area contributed by atoms with Gasteiger partial charge in [-0.05, 0) is 12.1 Å². The van der Waals surface area contributed by atoms with Gasteiger partial charge >= 0.3 is 0 Å². The van der Waals surface area contributed by atoms with Gasteiger partial charge in [-0.3, -0.25) is 4.79 Å². The van der Waals surface area contributed by atoms with E-state index >= 15 is 0 Å². The second kappa shape index (κ2) is 8.70. The Labute approximate surface area is 174 Å². The number of ether oxygens (including phenoxy) is 1. The fraction of sp³-hybridized carbons (Fsp3) is 0.190. The minimum atomic E-state index is -3.81. The standard InChI is InChI=1S/C21H20N4O4S/c26-21(24-17-14-22-20(23-15-17)16-6-2-1-3-7-16)18-8-4-5-9-19(18)30(27,28)25-10-12-29-13-11-25/h1-9,14-15H,10-13H2,(H,24,26). The number of morpholine rings is 1. The Morgan fingerprint density at radius 1 is 0.933 bits per heavy atom. The maximum Gasteiger partial charge on any atom is 0.257 e. The number of aromatic nitrogens is 2. The first kappa shape index (κ1) is 20.1. The molecule has 0 aliphatic carbocycles. The summed E-state index contributed by atoms with van der Waals surface area (Å²) in [5.41, 5.74) is 1.30. The summed E-state index contributed by atoms with van der Waals surface area (Å²) >= 11 is 0. The molecule has 4 rings (SSSR count). The molecule has 154 valence electrons. The van der Waals surface area contributed by atoms with Gasteiger partial charge in [0.15, 0.2) is 5.82 Å². The molecule has 1 N–H and O–H groups in total. The Morgan fingerprint density at radius 3 is 2.27 bits per heavy atom. The van der Waals surface area contributed by atoms with Gasteiger partial charge in [0.2, 0.25) is 10.0 Å². The number of carbonyl (C=O) groups excluding carboxylic acids is 1. The summed E-state index contributed by atoms with van der Waals surface area (Å²) < 4.78 is 32.6. The zero-order valence-corrected chi connectivity index (χ0v) is 16.9. The Hall–Kier alpha value is -3.14. The highest BCUT2D eigenvalue weighted by Gasteiger charge is 2.30. The number of amides is 1. The van der Waals surface area contributed by atoms with Crippen LogP contribution in [0.4, 0.5) is 5.69 Å². The van der Waals surface area contributed by atoms with E-state index in [9.17, 15) is 13.2 Å². The summed E-state index contributed by atoms with van der Waals surface area (Å²) in [5, 5.41) is 2.68. The second-order valence-corrected chi connectivity index (χ2v) is 8.53. The van der Waals surface area contributed by atoms with Crippen molar-refractivity contribution in [3.63, 3.8) is 0 Å². The third-order valence-electron chi connectivity index (χ3n) is 4.66. The maximum atomic E-state index is 13.0. The first-order valence-corrected chi connectivity index (χ1v) is 10.9. The van der Waals surface area contributed by atoms with Gasteiger partial charge in [-0.15, -0.1) is 0 Å². The van der Waals surface area contributed by atoms with Gasteiger partial charge in [-0.1, -0.05) is 42.5 Å². The van der Waals surface area contributed by atoms with Gasteiger partial charge in [0.25, 0.3) is 5.91 Å². The summed E-state index contributed by atoms with van der Waals surface area (Å²) in [6.45, 7) is 1.18. The predicted molar refractivity (Wildman–Crippen MR) is 111 cm³/mol. The minimum Gasteiger partial charge on any atom is -0.379 e. The molecule has 1 fully saturated rings. The van der Waals surface area contributed by atoms with Gasteiger partial charge in [-0.25, -0.2) is 18.4 Å². The van der Waals surface area contributed by atoms with Crippen molar-refractivity contribution in [3.05, 3.63) is 72.6 Å². The molecule has 1 saturated heterocycles. The fourth-order valence-corrected chi connectivity index (χ4v) is 4.73. The first-order chi connectivity index (χ1) is 14.6. The molecule has 3 aromatic rings. The van der Waals surface area contributed by atoms with E-state index in [-0.39, 0.29) is 23.5 Å². The molecule has 0 saturated carbocycles. The SMILES string of the molecule is O=C(Nc1cnc(-c2ccccc2)nc1)c1ccccc1S(=O)(=O)N1CCOCC1. The quantitative estimate of drug-likeness (QED) is 0.675. The van der Waals surface area contributed by atoms with Crippen molar-refractivity contribution in [2.24, 2.45) is 0 Å². The third-order valence-corrected chi connectivity index (χ3v) is 6.62. The van der Waals surface area contributed by atoms with E-state index in [1.165, 1.54) is 28.8 Å². The summed E-state index contributed by atoms with van der Waals surface area (Å²) in [4.78, 5) is 21.4. The van der Waals surface area contributed by atoms with Crippen LogP contribution < -0.4 is 5.32 Å². The molecule has 0 radical (unpaired) electrons. The first-order valence-electron chi connectivity index (χ1n) is 9.41. The molecule has 2 aromatic carbocycles. The molecule has 0 spiro atoms. The number of rotatable bonds is 5. The molecular weight excluding hydrogens is 404 g/mol. The lowest BCUT2D eigenvalue weighted by atomic mass is 10.2. The van der Waals surface area contributed by atoms with Crippen LogP contribution in [0, 0.1) is 0 Å². The fourth-order valence-electron chi connectivity index (χ4n) is 3.13. The van der Waals surface area contributed by atoms with Crippen LogP contribution in [0.15, 0.2) is 71.9 Å². The van der Waals surface area contributed by atoms with Crippen LogP contribution in [0.2, 0.25) is 0 Å². The van der Waals surface area contributed by atoms with Crippen molar-refractivity contribution in [1.29, 1.82) is 0 Å². The molecule has 1 aliphatic rings. The van der Waals surface area contributed by atoms with Crippen LogP contribution in [-0.2, 0) is 14.8 Å². The molecule has 0 unspecified atom stereocenters. The second-order valence-electron chi connectivity index (χ2n) is 6.63. The average molecular weight is 424 g/mol. The average Bonchev–Trinajstić information content (AvgIpc) is 2.81. The number of hydrogen-bond acceptors (Lipinski definition) is 6. The predicted octanol–water partition coefficient (Wildman–Crippen LogP) is 2.42. The van der Waals surface area contributed by atoms with E-state index in [2.05, 4.69) is 15.3 Å². The number of hydrogen-bond donors (Lipinski definition) is 1. The molecule has 8 nitrogen and oxygen atoms in total. The van der Waals surface area contributed by atoms with Gasteiger partial charge in [-0.2, -0.15) is 4.31 Å². The molecule has 1 amide bonds. The highest BCUT2D eigenvalue weighted by atomic mass is 32.2. The van der Waals surface area contributed by atoms with Crippen molar-refractivity contribution in [1.82, 2.24) is 14.3 Å². The van der Waals surface area contributed by atoms with Crippen molar-refractivity contribution in [2.45, 2.75) is 4.90 Å². The van der Waals surface area contributed by atoms with Gasteiger partial charge in [0.1, 0.15) is 0 Å². The van der Waals surface area contributed by atoms with Gasteiger partial charge in [0, 0.05) is 18.7 Å². The molecule has 1 aromatic heterocycles. The number of carbonyl (C=O) groups is 1. The Morgan fingerprint density at radius 2 is 1.57 bits per heavy atom. The summed E-state index contributed by atoms with van der Waals surface area (Å²) in [7, 11) is -3.81. The number of sulfonamides is 1. The minimum absolute atomic E-state index is 0.0359. The highest BCUT2D eigenvalue weighted by Crippen LogP contribution is 2.22. The van der Waals surface area contributed by atoms with Crippen LogP contribution in [0.1, 0.15) is 10.4 Å². The summed E-state index contributed by atoms with van der Waals surface area (Å²) in [6.07, 6.45) is 2.98. The van der Waals surface area contributed by atoms with Crippen LogP contribution in [-0.4, -0.2) is 54.9 Å². The summed E-state index contributed by atoms with van der Waals surface area (Å²) in [5.74, 6) is -0.0117. The maximum absolute atomic E-state index is 13.0. The van der Waals surface area contributed by atoms with Crippen molar-refractivity contribution < 1.29 is 17.9 Å². The molecule has 1 aliphatic heterocycles. The number of anilines is 1. The van der Waals surface area contributed by atoms with E-state index in [1.54, 1.807) is 12.1 Å². The van der Waals surface area contributed by atoms with E-state index in [4.69, 9.17) is 4.74 Å². The monoisotopic (exact) mass is 424 g/mol. The van der Waals surface area contributed by atoms with Crippen LogP contribution in [0.25, 0.3) is 11.4 Å². The van der Waals surface area contributed by atoms with E-state index in [0.29, 0.717) is 24.7 Å². The smallest absolute Gasteiger partial charge is 0.257 e. The van der Waals surface area contributed by atoms with Gasteiger partial charge in [0.05, 0.1) is 41.8 Å². The lowest BCUT2D eigenvalue weighted by molar-refractivity contribution is 0.0730. The largest absolute Gasteiger partial charge is 0.379 e. The Balaban J connectivity index is 1.56. The molecule has 30 heavy (non-hydrogen) atoms. The topological polar surface area (TPSA) is 101 Å². The molecule has 2 heterocycles. The van der Waals surface area contributed by atoms with Crippen molar-refractivity contribution >= 4 is 21.6 Å². The van der Waals surface area contributed by atoms with Crippen LogP contribution in [0.3, 0.4) is 0 Å². The van der Waals surface area contributed by atoms with E-state index in [0.717, 1.165) is 5.56 Å². The van der Waals surface area contributed by atoms with E-state index in [1.807, 2.05) is 30.3 Å². The van der Waals surface area contributed by atoms with E-state index < -0.39 is 15.9 Å². The molecular formula is C21H20N4O4S. The lowest BCUT2D eigenvalue weighted by Crippen LogP contribution is -2.41. The van der Waals surface area contributed by atoms with Crippen LogP contribution in [0.5, 0.6) is 0 Å². The molecule has 0 atom stereocenters. The van der Waals surface area contributed by atoms with Crippen LogP contribution >= 0.6 is 0 Å². The summed E-state index contributed by atoms with van der Waals surface area (Å²) in [6, 6.07) is 15.6. The zero-order valence-electron chi connectivity index (χ0n) is 16.1. The number of nitrogens with zero attached hydrogens (tertiary/aromatic N) is 3. The third kappa shape index (κ3) is 4.23. The Bertz CT molecular complexity index is 1130. The molecule has 0 bridgehead atoms.